The highest BCUT2D eigenvalue weighted by molar-refractivity contribution is 5.90. The molecule has 0 saturated heterocycles. The molecule has 1 unspecified atom stereocenters. The van der Waals surface area contributed by atoms with Crippen molar-refractivity contribution in [3.8, 4) is 12.3 Å². The Kier molecular flexibility index (Phi) is 6.42. The van der Waals surface area contributed by atoms with Crippen LogP contribution in [0.25, 0.3) is 0 Å². The second-order valence-electron chi connectivity index (χ2n) is 6.50. The summed E-state index contributed by atoms with van der Waals surface area (Å²) >= 11 is 0. The minimum atomic E-state index is -0.278. The lowest BCUT2D eigenvalue weighted by Crippen LogP contribution is -2.05. The Morgan fingerprint density at radius 2 is 1.92 bits per heavy atom. The average molecular weight is 334 g/mol. The van der Waals surface area contributed by atoms with Crippen molar-refractivity contribution in [2.45, 2.75) is 46.0 Å². The Labute approximate surface area is 151 Å². The molecule has 0 fully saturated rings. The van der Waals surface area contributed by atoms with E-state index >= 15 is 0 Å². The van der Waals surface area contributed by atoms with Gasteiger partial charge in [0.25, 0.3) is 0 Å². The third-order valence-corrected chi connectivity index (χ3v) is 4.85. The number of carbonyl (C=O) groups is 1. The van der Waals surface area contributed by atoms with Gasteiger partial charge < -0.3 is 4.74 Å². The Hall–Kier alpha value is -2.53. The Balaban J connectivity index is 2.11. The molecular weight excluding hydrogens is 308 g/mol. The molecule has 2 nitrogen and oxygen atoms in total. The third-order valence-electron chi connectivity index (χ3n) is 4.85. The molecule has 0 aromatic heterocycles. The first-order chi connectivity index (χ1) is 12.0. The zero-order valence-corrected chi connectivity index (χ0v) is 15.6. The van der Waals surface area contributed by atoms with Gasteiger partial charge >= 0.3 is 5.97 Å². The summed E-state index contributed by atoms with van der Waals surface area (Å²) in [5.74, 6) is 2.95. The van der Waals surface area contributed by atoms with Gasteiger partial charge in [-0.05, 0) is 73.4 Å². The highest BCUT2D eigenvalue weighted by Crippen LogP contribution is 2.27. The quantitative estimate of drug-likeness (QED) is 0.536. The van der Waals surface area contributed by atoms with Crippen LogP contribution in [0.1, 0.15) is 63.9 Å². The molecule has 1 atom stereocenters. The van der Waals surface area contributed by atoms with Crippen LogP contribution in [0.5, 0.6) is 0 Å². The third kappa shape index (κ3) is 4.51. The zero-order chi connectivity index (χ0) is 18.4. The van der Waals surface area contributed by atoms with E-state index in [1.54, 1.807) is 0 Å². The van der Waals surface area contributed by atoms with Crippen LogP contribution in [0.3, 0.4) is 0 Å². The molecule has 130 valence electrons. The second kappa shape index (κ2) is 8.53. The molecule has 0 spiro atoms. The van der Waals surface area contributed by atoms with E-state index in [4.69, 9.17) is 11.2 Å². The SMILES string of the molecule is C#Cc1ccc(C(CC)CCc2ccc(C(=O)OC)c(C)c2)cc1C. The molecule has 2 aromatic rings. The summed E-state index contributed by atoms with van der Waals surface area (Å²) in [6.07, 6.45) is 8.66. The van der Waals surface area contributed by atoms with Crippen molar-refractivity contribution in [2.75, 3.05) is 7.11 Å². The normalized spacial score (nSPS) is 11.6. The highest BCUT2D eigenvalue weighted by Gasteiger charge is 2.13. The van der Waals surface area contributed by atoms with Crippen molar-refractivity contribution < 1.29 is 9.53 Å². The van der Waals surface area contributed by atoms with E-state index in [2.05, 4.69) is 38.0 Å². The minimum absolute atomic E-state index is 0.278. The molecule has 0 N–H and O–H groups in total. The van der Waals surface area contributed by atoms with Crippen LogP contribution in [-0.4, -0.2) is 13.1 Å². The lowest BCUT2D eigenvalue weighted by Gasteiger charge is -2.17. The number of terminal acetylenes is 1. The molecule has 0 saturated carbocycles. The first-order valence-corrected chi connectivity index (χ1v) is 8.75. The first kappa shape index (κ1) is 18.8. The zero-order valence-electron chi connectivity index (χ0n) is 15.6. The van der Waals surface area contributed by atoms with Gasteiger partial charge in [0.05, 0.1) is 12.7 Å². The van der Waals surface area contributed by atoms with E-state index in [9.17, 15) is 4.79 Å². The number of esters is 1. The predicted octanol–water partition coefficient (Wildman–Crippen LogP) is 5.20. The smallest absolute Gasteiger partial charge is 0.338 e. The van der Waals surface area contributed by atoms with Crippen LogP contribution in [-0.2, 0) is 11.2 Å². The summed E-state index contributed by atoms with van der Waals surface area (Å²) in [6, 6.07) is 12.4. The fourth-order valence-corrected chi connectivity index (χ4v) is 3.27. The minimum Gasteiger partial charge on any atom is -0.465 e. The van der Waals surface area contributed by atoms with Crippen LogP contribution in [0.15, 0.2) is 36.4 Å². The lowest BCUT2D eigenvalue weighted by molar-refractivity contribution is 0.0600. The fraction of sp³-hybridized carbons (Fsp3) is 0.348. The molecule has 2 heteroatoms. The lowest BCUT2D eigenvalue weighted by atomic mass is 9.88. The number of carbonyl (C=O) groups excluding carboxylic acids is 1. The Bertz CT molecular complexity index is 796. The summed E-state index contributed by atoms with van der Waals surface area (Å²) in [7, 11) is 1.41. The van der Waals surface area contributed by atoms with Crippen LogP contribution >= 0.6 is 0 Å². The number of benzene rings is 2. The summed E-state index contributed by atoms with van der Waals surface area (Å²) in [5, 5.41) is 0. The van der Waals surface area contributed by atoms with Gasteiger partial charge in [0, 0.05) is 5.56 Å². The van der Waals surface area contributed by atoms with Crippen molar-refractivity contribution in [1.82, 2.24) is 0 Å². The number of ether oxygens (including phenoxy) is 1. The molecule has 2 rings (SSSR count). The summed E-state index contributed by atoms with van der Waals surface area (Å²) in [4.78, 5) is 11.7. The van der Waals surface area contributed by atoms with Gasteiger partial charge in [-0.25, -0.2) is 4.79 Å². The molecule has 0 heterocycles. The maximum Gasteiger partial charge on any atom is 0.338 e. The van der Waals surface area contributed by atoms with E-state index in [0.717, 1.165) is 36.0 Å². The molecular formula is C23H26O2. The van der Waals surface area contributed by atoms with E-state index in [1.165, 1.54) is 18.2 Å². The van der Waals surface area contributed by atoms with Crippen molar-refractivity contribution >= 4 is 5.97 Å². The topological polar surface area (TPSA) is 26.3 Å². The number of rotatable bonds is 6. The summed E-state index contributed by atoms with van der Waals surface area (Å²) < 4.78 is 4.81. The monoisotopic (exact) mass is 334 g/mol. The van der Waals surface area contributed by atoms with Gasteiger partial charge in [-0.2, -0.15) is 0 Å². The molecule has 0 bridgehead atoms. The molecule has 25 heavy (non-hydrogen) atoms. The van der Waals surface area contributed by atoms with Crippen molar-refractivity contribution in [3.05, 3.63) is 69.8 Å². The maximum absolute atomic E-state index is 11.7. The molecule has 2 aromatic carbocycles. The Morgan fingerprint density at radius 3 is 2.48 bits per heavy atom. The van der Waals surface area contributed by atoms with Crippen LogP contribution in [0, 0.1) is 26.2 Å². The number of hydrogen-bond donors (Lipinski definition) is 0. The molecule has 0 amide bonds. The number of aryl methyl sites for hydroxylation is 3. The fourth-order valence-electron chi connectivity index (χ4n) is 3.27. The standard InChI is InChI=1S/C23H26O2/c1-6-19-11-12-21(15-16(19)3)20(7-2)10-8-18-9-13-22(17(4)14-18)23(24)25-5/h1,9,11-15,20H,7-8,10H2,2-5H3. The van der Waals surface area contributed by atoms with E-state index in [0.29, 0.717) is 11.5 Å². The van der Waals surface area contributed by atoms with Gasteiger partial charge in [-0.1, -0.05) is 37.1 Å². The number of methoxy groups -OCH3 is 1. The number of hydrogen-bond acceptors (Lipinski definition) is 2. The largest absolute Gasteiger partial charge is 0.465 e. The second-order valence-corrected chi connectivity index (χ2v) is 6.50. The Morgan fingerprint density at radius 1 is 1.16 bits per heavy atom. The molecule has 0 aliphatic heterocycles. The van der Waals surface area contributed by atoms with Crippen LogP contribution in [0.4, 0.5) is 0 Å². The van der Waals surface area contributed by atoms with E-state index < -0.39 is 0 Å². The first-order valence-electron chi connectivity index (χ1n) is 8.75. The van der Waals surface area contributed by atoms with Crippen molar-refractivity contribution in [3.63, 3.8) is 0 Å². The van der Waals surface area contributed by atoms with Gasteiger partial charge in [0.2, 0.25) is 0 Å². The summed E-state index contributed by atoms with van der Waals surface area (Å²) in [5.41, 5.74) is 6.33. The molecule has 0 aliphatic carbocycles. The van der Waals surface area contributed by atoms with Gasteiger partial charge in [-0.15, -0.1) is 6.42 Å². The van der Waals surface area contributed by atoms with Gasteiger partial charge in [0.15, 0.2) is 0 Å². The van der Waals surface area contributed by atoms with Crippen LogP contribution in [0.2, 0.25) is 0 Å². The van der Waals surface area contributed by atoms with Gasteiger partial charge in [0.1, 0.15) is 0 Å². The molecule has 0 aliphatic rings. The highest BCUT2D eigenvalue weighted by atomic mass is 16.5. The van der Waals surface area contributed by atoms with E-state index in [-0.39, 0.29) is 5.97 Å². The van der Waals surface area contributed by atoms with E-state index in [1.807, 2.05) is 25.1 Å². The van der Waals surface area contributed by atoms with Crippen molar-refractivity contribution in [2.24, 2.45) is 0 Å². The average Bonchev–Trinajstić information content (AvgIpc) is 2.62. The summed E-state index contributed by atoms with van der Waals surface area (Å²) in [6.45, 7) is 6.25. The maximum atomic E-state index is 11.7. The van der Waals surface area contributed by atoms with Crippen LogP contribution < -0.4 is 0 Å². The predicted molar refractivity (Wildman–Crippen MR) is 103 cm³/mol. The van der Waals surface area contributed by atoms with Gasteiger partial charge in [-0.3, -0.25) is 0 Å². The van der Waals surface area contributed by atoms with Crippen molar-refractivity contribution in [1.29, 1.82) is 0 Å². The molecule has 0 radical (unpaired) electrons.